The van der Waals surface area contributed by atoms with E-state index < -0.39 is 5.82 Å². The molecule has 0 fully saturated rings. The van der Waals surface area contributed by atoms with Crippen LogP contribution in [0.4, 0.5) is 10.1 Å². The van der Waals surface area contributed by atoms with Crippen LogP contribution in [0.2, 0.25) is 0 Å². The van der Waals surface area contributed by atoms with Crippen LogP contribution in [-0.4, -0.2) is 21.8 Å². The number of carbonyl (C=O) groups excluding carboxylic acids is 1. The summed E-state index contributed by atoms with van der Waals surface area (Å²) in [6, 6.07) is 6.04. The van der Waals surface area contributed by atoms with Crippen molar-refractivity contribution in [2.45, 2.75) is 12.7 Å². The molecule has 0 aliphatic carbocycles. The molecule has 0 radical (unpaired) electrons. The van der Waals surface area contributed by atoms with Gasteiger partial charge in [-0.25, -0.2) is 4.39 Å². The molecule has 2 aromatic rings. The Kier molecular flexibility index (Phi) is 4.51. The standard InChI is InChI=1S/C12H12FN3O2S/c1-8-14-11(16-18-8)6-19-7-12(17)15-10-5-3-2-4-9(10)13/h2-5H,6-7H2,1H3,(H,15,17). The summed E-state index contributed by atoms with van der Waals surface area (Å²) >= 11 is 1.33. The molecular weight excluding hydrogens is 269 g/mol. The number of aromatic nitrogens is 2. The van der Waals surface area contributed by atoms with Gasteiger partial charge in [-0.1, -0.05) is 17.3 Å². The second kappa shape index (κ2) is 6.33. The highest BCUT2D eigenvalue weighted by atomic mass is 32.2. The molecule has 0 saturated heterocycles. The Morgan fingerprint density at radius 2 is 2.26 bits per heavy atom. The number of rotatable bonds is 5. The summed E-state index contributed by atoms with van der Waals surface area (Å²) in [6.45, 7) is 1.70. The van der Waals surface area contributed by atoms with Gasteiger partial charge in [-0.3, -0.25) is 4.79 Å². The summed E-state index contributed by atoms with van der Waals surface area (Å²) in [5, 5.41) is 6.21. The molecule has 0 spiro atoms. The van der Waals surface area contributed by atoms with Crippen LogP contribution in [0.5, 0.6) is 0 Å². The first-order valence-corrected chi connectivity index (χ1v) is 6.72. The Labute approximate surface area is 113 Å². The number of anilines is 1. The van der Waals surface area contributed by atoms with E-state index in [1.165, 1.54) is 23.9 Å². The lowest BCUT2D eigenvalue weighted by Crippen LogP contribution is -2.15. The Morgan fingerprint density at radius 3 is 2.95 bits per heavy atom. The minimum Gasteiger partial charge on any atom is -0.340 e. The zero-order valence-corrected chi connectivity index (χ0v) is 11.0. The SMILES string of the molecule is Cc1nc(CSCC(=O)Nc2ccccc2F)no1. The highest BCUT2D eigenvalue weighted by Crippen LogP contribution is 2.14. The number of hydrogen-bond acceptors (Lipinski definition) is 5. The fraction of sp³-hybridized carbons (Fsp3) is 0.250. The molecule has 19 heavy (non-hydrogen) atoms. The molecule has 2 rings (SSSR count). The topological polar surface area (TPSA) is 68.0 Å². The van der Waals surface area contributed by atoms with Gasteiger partial charge in [0.05, 0.1) is 17.2 Å². The lowest BCUT2D eigenvalue weighted by atomic mass is 10.3. The van der Waals surface area contributed by atoms with Crippen LogP contribution >= 0.6 is 11.8 Å². The van der Waals surface area contributed by atoms with Gasteiger partial charge in [0.15, 0.2) is 5.82 Å². The van der Waals surface area contributed by atoms with E-state index >= 15 is 0 Å². The van der Waals surface area contributed by atoms with E-state index in [9.17, 15) is 9.18 Å². The van der Waals surface area contributed by atoms with Crippen molar-refractivity contribution in [3.63, 3.8) is 0 Å². The third-order valence-corrected chi connectivity index (χ3v) is 3.11. The van der Waals surface area contributed by atoms with Gasteiger partial charge in [0.25, 0.3) is 0 Å². The summed E-state index contributed by atoms with van der Waals surface area (Å²) in [7, 11) is 0. The van der Waals surface area contributed by atoms with Crippen LogP contribution in [0.25, 0.3) is 0 Å². The number of benzene rings is 1. The highest BCUT2D eigenvalue weighted by Gasteiger charge is 2.08. The number of nitrogens with one attached hydrogen (secondary N) is 1. The summed E-state index contributed by atoms with van der Waals surface area (Å²) < 4.78 is 18.1. The molecule has 0 aliphatic heterocycles. The molecule has 1 amide bonds. The van der Waals surface area contributed by atoms with E-state index in [2.05, 4.69) is 15.5 Å². The van der Waals surface area contributed by atoms with Crippen molar-refractivity contribution >= 4 is 23.4 Å². The lowest BCUT2D eigenvalue weighted by molar-refractivity contribution is -0.113. The number of thioether (sulfide) groups is 1. The molecule has 0 bridgehead atoms. The van der Waals surface area contributed by atoms with Gasteiger partial charge >= 0.3 is 0 Å². The average Bonchev–Trinajstić information content (AvgIpc) is 2.78. The van der Waals surface area contributed by atoms with Gasteiger partial charge in [-0.05, 0) is 12.1 Å². The zero-order valence-electron chi connectivity index (χ0n) is 10.2. The number of amides is 1. The van der Waals surface area contributed by atoms with Gasteiger partial charge in [0.1, 0.15) is 5.82 Å². The maximum Gasteiger partial charge on any atom is 0.234 e. The Hall–Kier alpha value is -1.89. The Balaban J connectivity index is 1.77. The summed E-state index contributed by atoms with van der Waals surface area (Å²) in [5.74, 6) is 0.988. The maximum absolute atomic E-state index is 13.3. The Morgan fingerprint density at radius 1 is 1.47 bits per heavy atom. The number of nitrogens with zero attached hydrogens (tertiary/aromatic N) is 2. The molecular formula is C12H12FN3O2S. The molecule has 1 heterocycles. The normalized spacial score (nSPS) is 10.4. The summed E-state index contributed by atoms with van der Waals surface area (Å²) in [6.07, 6.45) is 0. The van der Waals surface area contributed by atoms with Crippen molar-refractivity contribution in [2.75, 3.05) is 11.1 Å². The number of hydrogen-bond donors (Lipinski definition) is 1. The van der Waals surface area contributed by atoms with E-state index in [1.54, 1.807) is 19.1 Å². The number of carbonyl (C=O) groups is 1. The van der Waals surface area contributed by atoms with Gasteiger partial charge < -0.3 is 9.84 Å². The molecule has 1 aromatic carbocycles. The molecule has 0 atom stereocenters. The number of para-hydroxylation sites is 1. The van der Waals surface area contributed by atoms with E-state index in [4.69, 9.17) is 4.52 Å². The third kappa shape index (κ3) is 4.06. The number of halogens is 1. The van der Waals surface area contributed by atoms with Crippen molar-refractivity contribution in [3.05, 3.63) is 41.8 Å². The first-order valence-electron chi connectivity index (χ1n) is 5.56. The predicted octanol–water partition coefficient (Wildman–Crippen LogP) is 2.39. The largest absolute Gasteiger partial charge is 0.340 e. The van der Waals surface area contributed by atoms with E-state index in [0.717, 1.165) is 0 Å². The van der Waals surface area contributed by atoms with Gasteiger partial charge in [-0.15, -0.1) is 11.8 Å². The van der Waals surface area contributed by atoms with Crippen LogP contribution in [0.15, 0.2) is 28.8 Å². The predicted molar refractivity (Wildman–Crippen MR) is 70.2 cm³/mol. The molecule has 1 aromatic heterocycles. The van der Waals surface area contributed by atoms with Gasteiger partial charge in [0, 0.05) is 6.92 Å². The van der Waals surface area contributed by atoms with Crippen LogP contribution in [0.1, 0.15) is 11.7 Å². The van der Waals surface area contributed by atoms with E-state index in [-0.39, 0.29) is 17.3 Å². The van der Waals surface area contributed by atoms with Crippen LogP contribution in [0.3, 0.4) is 0 Å². The summed E-state index contributed by atoms with van der Waals surface area (Å²) in [5.41, 5.74) is 0.184. The highest BCUT2D eigenvalue weighted by molar-refractivity contribution is 7.99. The van der Waals surface area contributed by atoms with Gasteiger partial charge in [0.2, 0.25) is 11.8 Å². The van der Waals surface area contributed by atoms with E-state index in [1.807, 2.05) is 0 Å². The molecule has 1 N–H and O–H groups in total. The van der Waals surface area contributed by atoms with Crippen LogP contribution in [0, 0.1) is 12.7 Å². The molecule has 0 aliphatic rings. The van der Waals surface area contributed by atoms with Gasteiger partial charge in [-0.2, -0.15) is 4.98 Å². The first-order chi connectivity index (χ1) is 9.15. The summed E-state index contributed by atoms with van der Waals surface area (Å²) in [4.78, 5) is 15.6. The van der Waals surface area contributed by atoms with Crippen molar-refractivity contribution in [3.8, 4) is 0 Å². The number of aryl methyl sites for hydroxylation is 1. The smallest absolute Gasteiger partial charge is 0.234 e. The monoisotopic (exact) mass is 281 g/mol. The fourth-order valence-electron chi connectivity index (χ4n) is 1.38. The zero-order chi connectivity index (χ0) is 13.7. The minimum atomic E-state index is -0.449. The minimum absolute atomic E-state index is 0.184. The molecule has 5 nitrogen and oxygen atoms in total. The maximum atomic E-state index is 13.3. The second-order valence-electron chi connectivity index (χ2n) is 3.75. The second-order valence-corrected chi connectivity index (χ2v) is 4.74. The first kappa shape index (κ1) is 13.5. The van der Waals surface area contributed by atoms with Crippen molar-refractivity contribution < 1.29 is 13.7 Å². The van der Waals surface area contributed by atoms with Crippen LogP contribution < -0.4 is 5.32 Å². The average molecular weight is 281 g/mol. The van der Waals surface area contributed by atoms with E-state index in [0.29, 0.717) is 17.5 Å². The quantitative estimate of drug-likeness (QED) is 0.911. The van der Waals surface area contributed by atoms with Crippen molar-refractivity contribution in [1.82, 2.24) is 10.1 Å². The molecule has 0 saturated carbocycles. The third-order valence-electron chi connectivity index (χ3n) is 2.18. The Bertz CT molecular complexity index is 574. The van der Waals surface area contributed by atoms with Crippen molar-refractivity contribution in [2.24, 2.45) is 0 Å². The van der Waals surface area contributed by atoms with Crippen molar-refractivity contribution in [1.29, 1.82) is 0 Å². The molecule has 7 heteroatoms. The fourth-order valence-corrected chi connectivity index (χ4v) is 2.04. The molecule has 0 unspecified atom stereocenters. The van der Waals surface area contributed by atoms with Crippen LogP contribution in [-0.2, 0) is 10.5 Å². The molecule has 100 valence electrons. The lowest BCUT2D eigenvalue weighted by Gasteiger charge is -2.05.